The SMILES string of the molecule is C=C/C(C)=C(/Oc1ccc(NS(=O)(=O)CC)cc1-c1cn(C)c(=O)c2ccsc12)C(=C)C.[HH]. The average Bonchev–Trinajstić information content (AvgIpc) is 3.24. The number of aryl methyl sites for hydroxylation is 1. The largest absolute Gasteiger partial charge is 0.456 e. The molecule has 170 valence electrons. The van der Waals surface area contributed by atoms with Crippen LogP contribution in [0.1, 0.15) is 22.2 Å². The molecule has 0 unspecified atom stereocenters. The second-order valence-electron chi connectivity index (χ2n) is 7.44. The van der Waals surface area contributed by atoms with Gasteiger partial charge in [-0.25, -0.2) is 8.42 Å². The van der Waals surface area contributed by atoms with E-state index in [0.717, 1.165) is 21.4 Å². The van der Waals surface area contributed by atoms with Crippen molar-refractivity contribution in [3.05, 3.63) is 82.3 Å². The maximum atomic E-state index is 12.6. The highest BCUT2D eigenvalue weighted by atomic mass is 32.2. The molecule has 1 aromatic carbocycles. The van der Waals surface area contributed by atoms with E-state index in [1.165, 1.54) is 15.9 Å². The lowest BCUT2D eigenvalue weighted by Gasteiger charge is -2.18. The van der Waals surface area contributed by atoms with Gasteiger partial charge in [0.15, 0.2) is 0 Å². The minimum absolute atomic E-state index is 0. The number of thiophene rings is 1. The Bertz CT molecular complexity index is 1420. The molecule has 0 aliphatic heterocycles. The van der Waals surface area contributed by atoms with E-state index in [4.69, 9.17) is 4.74 Å². The number of benzene rings is 1. The van der Waals surface area contributed by atoms with Crippen LogP contribution in [0.2, 0.25) is 0 Å². The van der Waals surface area contributed by atoms with E-state index >= 15 is 0 Å². The predicted octanol–water partition coefficient (Wildman–Crippen LogP) is 5.69. The zero-order chi connectivity index (χ0) is 23.6. The molecule has 8 heteroatoms. The van der Waals surface area contributed by atoms with Gasteiger partial charge in [0, 0.05) is 36.2 Å². The van der Waals surface area contributed by atoms with E-state index in [2.05, 4.69) is 17.9 Å². The van der Waals surface area contributed by atoms with Crippen LogP contribution in [-0.2, 0) is 17.1 Å². The summed E-state index contributed by atoms with van der Waals surface area (Å²) in [5, 5.41) is 2.46. The molecule has 0 bridgehead atoms. The molecule has 3 rings (SSSR count). The van der Waals surface area contributed by atoms with Crippen molar-refractivity contribution >= 4 is 37.1 Å². The van der Waals surface area contributed by atoms with Gasteiger partial charge in [-0.3, -0.25) is 9.52 Å². The van der Waals surface area contributed by atoms with Gasteiger partial charge in [0.05, 0.1) is 11.1 Å². The Balaban J connectivity index is 0.00000385. The summed E-state index contributed by atoms with van der Waals surface area (Å²) >= 11 is 1.45. The van der Waals surface area contributed by atoms with Crippen LogP contribution in [0.5, 0.6) is 5.75 Å². The number of rotatable bonds is 8. The van der Waals surface area contributed by atoms with Gasteiger partial charge in [-0.15, -0.1) is 11.3 Å². The lowest BCUT2D eigenvalue weighted by atomic mass is 10.0. The van der Waals surface area contributed by atoms with E-state index < -0.39 is 10.0 Å². The maximum Gasteiger partial charge on any atom is 0.259 e. The van der Waals surface area contributed by atoms with Crippen molar-refractivity contribution in [1.29, 1.82) is 0 Å². The molecule has 0 aliphatic carbocycles. The molecule has 2 heterocycles. The number of sulfonamides is 1. The molecule has 0 saturated heterocycles. The Morgan fingerprint density at radius 2 is 2.00 bits per heavy atom. The van der Waals surface area contributed by atoms with Crippen LogP contribution in [0.25, 0.3) is 21.2 Å². The molecule has 32 heavy (non-hydrogen) atoms. The number of nitrogens with one attached hydrogen (secondary N) is 1. The molecule has 0 fully saturated rings. The predicted molar refractivity (Wildman–Crippen MR) is 136 cm³/mol. The average molecular weight is 473 g/mol. The van der Waals surface area contributed by atoms with Crippen molar-refractivity contribution < 1.29 is 14.6 Å². The number of ether oxygens (including phenoxy) is 1. The van der Waals surface area contributed by atoms with Gasteiger partial charge in [-0.05, 0) is 61.6 Å². The molecule has 3 aromatic rings. The van der Waals surface area contributed by atoms with E-state index in [-0.39, 0.29) is 12.7 Å². The molecule has 0 spiro atoms. The third-order valence-electron chi connectivity index (χ3n) is 4.97. The van der Waals surface area contributed by atoms with Crippen molar-refractivity contribution in [3.63, 3.8) is 0 Å². The molecular formula is C24H28N2O4S2. The molecule has 1 N–H and O–H groups in total. The van der Waals surface area contributed by atoms with E-state index in [1.54, 1.807) is 50.5 Å². The van der Waals surface area contributed by atoms with Gasteiger partial charge in [0.2, 0.25) is 10.0 Å². The lowest BCUT2D eigenvalue weighted by molar-refractivity contribution is 0.433. The summed E-state index contributed by atoms with van der Waals surface area (Å²) < 4.78 is 35.5. The van der Waals surface area contributed by atoms with Crippen molar-refractivity contribution in [1.82, 2.24) is 4.57 Å². The van der Waals surface area contributed by atoms with Crippen LogP contribution >= 0.6 is 11.3 Å². The van der Waals surface area contributed by atoms with Gasteiger partial charge in [-0.1, -0.05) is 19.2 Å². The van der Waals surface area contributed by atoms with E-state index in [9.17, 15) is 13.2 Å². The van der Waals surface area contributed by atoms with Crippen molar-refractivity contribution in [2.45, 2.75) is 20.8 Å². The third kappa shape index (κ3) is 4.71. The second kappa shape index (κ2) is 9.18. The number of aromatic nitrogens is 1. The highest BCUT2D eigenvalue weighted by Gasteiger charge is 2.18. The highest BCUT2D eigenvalue weighted by Crippen LogP contribution is 2.39. The molecule has 0 aliphatic rings. The zero-order valence-electron chi connectivity index (χ0n) is 18.6. The van der Waals surface area contributed by atoms with Crippen molar-refractivity contribution in [3.8, 4) is 16.9 Å². The minimum atomic E-state index is -3.46. The van der Waals surface area contributed by atoms with Crippen LogP contribution < -0.4 is 15.0 Å². The number of hydrogen-bond donors (Lipinski definition) is 1. The summed E-state index contributed by atoms with van der Waals surface area (Å²) in [6.07, 6.45) is 3.43. The van der Waals surface area contributed by atoms with Gasteiger partial charge in [0.25, 0.3) is 5.56 Å². The Morgan fingerprint density at radius 1 is 1.28 bits per heavy atom. The Morgan fingerprint density at radius 3 is 2.62 bits per heavy atom. The first-order valence-corrected chi connectivity index (χ1v) is 12.5. The minimum Gasteiger partial charge on any atom is -0.456 e. The number of allylic oxidation sites excluding steroid dienone is 3. The summed E-state index contributed by atoms with van der Waals surface area (Å²) in [6, 6.07) is 6.88. The molecule has 0 amide bonds. The summed E-state index contributed by atoms with van der Waals surface area (Å²) in [5.74, 6) is 1.05. The van der Waals surface area contributed by atoms with Gasteiger partial charge in [-0.2, -0.15) is 0 Å². The van der Waals surface area contributed by atoms with Crippen molar-refractivity contribution in [2.75, 3.05) is 10.5 Å². The zero-order valence-corrected chi connectivity index (χ0v) is 20.2. The van der Waals surface area contributed by atoms with Gasteiger partial charge >= 0.3 is 0 Å². The van der Waals surface area contributed by atoms with Gasteiger partial charge in [0.1, 0.15) is 11.5 Å². The fourth-order valence-corrected chi connectivity index (χ4v) is 4.77. The van der Waals surface area contributed by atoms with E-state index in [1.807, 2.05) is 19.2 Å². The first-order chi connectivity index (χ1) is 15.1. The third-order valence-corrected chi connectivity index (χ3v) is 7.22. The Labute approximate surface area is 193 Å². The summed E-state index contributed by atoms with van der Waals surface area (Å²) in [5.41, 5.74) is 3.28. The molecule has 6 nitrogen and oxygen atoms in total. The van der Waals surface area contributed by atoms with E-state index in [0.29, 0.717) is 28.1 Å². The normalized spacial score (nSPS) is 12.4. The molecule has 0 radical (unpaired) electrons. The Kier molecular flexibility index (Phi) is 6.76. The Hall–Kier alpha value is -3.10. The standard InChI is InChI=1S/C24H26N2O4S2.H2/c1-7-16(5)22(15(3)4)30-21-10-9-17(25-32(28,29)8-2)13-19(21)20-14-26(6)24(27)18-11-12-31-23(18)20;/h7,9-14,25H,1,3,8H2,2,4-6H3;1H/b22-16+;. The molecule has 0 atom stereocenters. The summed E-state index contributed by atoms with van der Waals surface area (Å²) in [4.78, 5) is 12.6. The smallest absolute Gasteiger partial charge is 0.259 e. The quantitative estimate of drug-likeness (QED) is 0.337. The first-order valence-electron chi connectivity index (χ1n) is 9.96. The first kappa shape index (κ1) is 23.6. The van der Waals surface area contributed by atoms with Crippen LogP contribution in [0, 0.1) is 0 Å². The second-order valence-corrected chi connectivity index (χ2v) is 10.4. The lowest BCUT2D eigenvalue weighted by Crippen LogP contribution is -2.16. The summed E-state index contributed by atoms with van der Waals surface area (Å²) in [6.45, 7) is 13.1. The fraction of sp³-hybridized carbons (Fsp3) is 0.208. The molecule has 0 saturated carbocycles. The summed E-state index contributed by atoms with van der Waals surface area (Å²) in [7, 11) is -1.78. The number of fused-ring (bicyclic) bond motifs is 1. The van der Waals surface area contributed by atoms with Crippen molar-refractivity contribution in [2.24, 2.45) is 7.05 Å². The highest BCUT2D eigenvalue weighted by molar-refractivity contribution is 7.92. The van der Waals surface area contributed by atoms with Crippen LogP contribution in [0.15, 0.2) is 76.8 Å². The number of anilines is 1. The van der Waals surface area contributed by atoms with Crippen LogP contribution in [-0.4, -0.2) is 18.7 Å². The number of hydrogen-bond acceptors (Lipinski definition) is 5. The molecular weight excluding hydrogens is 444 g/mol. The van der Waals surface area contributed by atoms with Gasteiger partial charge < -0.3 is 9.30 Å². The van der Waals surface area contributed by atoms with Crippen LogP contribution in [0.4, 0.5) is 5.69 Å². The maximum absolute atomic E-state index is 12.6. The number of pyridine rings is 1. The topological polar surface area (TPSA) is 77.4 Å². The fourth-order valence-electron chi connectivity index (χ4n) is 3.23. The van der Waals surface area contributed by atoms with Crippen LogP contribution in [0.3, 0.4) is 0 Å². The monoisotopic (exact) mass is 472 g/mol. The number of nitrogens with zero attached hydrogens (tertiary/aromatic N) is 1. The molecule has 2 aromatic heterocycles.